The molecule has 2 rings (SSSR count). The lowest BCUT2D eigenvalue weighted by Crippen LogP contribution is -2.42. The Kier molecular flexibility index (Phi) is 3.58. The first-order valence-corrected chi connectivity index (χ1v) is 5.49. The number of aliphatic imine (C=N–C) groups is 1. The smallest absolute Gasteiger partial charge is 0.191 e. The molecule has 1 aliphatic rings. The van der Waals surface area contributed by atoms with Crippen molar-refractivity contribution in [3.05, 3.63) is 30.1 Å². The van der Waals surface area contributed by atoms with Crippen LogP contribution in [0.15, 0.2) is 29.4 Å². The van der Waals surface area contributed by atoms with Crippen molar-refractivity contribution in [3.63, 3.8) is 0 Å². The molecule has 5 heteroatoms. The van der Waals surface area contributed by atoms with Crippen LogP contribution >= 0.6 is 0 Å². The van der Waals surface area contributed by atoms with E-state index >= 15 is 0 Å². The molecule has 3 N–H and O–H groups in total. The van der Waals surface area contributed by atoms with Crippen LogP contribution in [-0.2, 0) is 6.54 Å². The van der Waals surface area contributed by atoms with Gasteiger partial charge in [0, 0.05) is 19.3 Å². The number of H-pyrrole nitrogens is 1. The summed E-state index contributed by atoms with van der Waals surface area (Å²) in [6, 6.07) is 2.42. The van der Waals surface area contributed by atoms with E-state index in [1.54, 1.807) is 13.2 Å². The number of hydrogen-bond donors (Lipinski definition) is 3. The van der Waals surface area contributed by atoms with Crippen molar-refractivity contribution in [2.75, 3.05) is 7.05 Å². The molecule has 5 nitrogen and oxygen atoms in total. The largest absolute Gasteiger partial charge is 0.353 e. The topological polar surface area (TPSA) is 65.1 Å². The van der Waals surface area contributed by atoms with Crippen LogP contribution < -0.4 is 10.6 Å². The molecular formula is C11H17N5. The summed E-state index contributed by atoms with van der Waals surface area (Å²) in [5, 5.41) is 13.4. The third-order valence-corrected chi connectivity index (χ3v) is 2.58. The van der Waals surface area contributed by atoms with Crippen molar-refractivity contribution < 1.29 is 0 Å². The monoisotopic (exact) mass is 219 g/mol. The van der Waals surface area contributed by atoms with Crippen LogP contribution in [0.1, 0.15) is 18.5 Å². The first-order valence-electron chi connectivity index (χ1n) is 5.49. The van der Waals surface area contributed by atoms with Crippen LogP contribution in [0.2, 0.25) is 0 Å². The van der Waals surface area contributed by atoms with Crippen LogP contribution in [0.3, 0.4) is 0 Å². The Morgan fingerprint density at radius 3 is 3.00 bits per heavy atom. The number of aromatic amines is 1. The van der Waals surface area contributed by atoms with E-state index in [0.29, 0.717) is 12.6 Å². The van der Waals surface area contributed by atoms with Crippen molar-refractivity contribution in [3.8, 4) is 0 Å². The summed E-state index contributed by atoms with van der Waals surface area (Å²) in [4.78, 5) is 4.18. The van der Waals surface area contributed by atoms with Gasteiger partial charge in [0.15, 0.2) is 5.96 Å². The van der Waals surface area contributed by atoms with Gasteiger partial charge in [-0.05, 0) is 18.9 Å². The standard InChI is InChI=1S/C11H17N5/c1-12-11(15-9-4-2-3-5-9)13-8-10-6-7-14-16-10/h2-3,6-7,9H,4-5,8H2,1H3,(H,14,16)(H2,12,13,15). The summed E-state index contributed by atoms with van der Waals surface area (Å²) < 4.78 is 0. The first-order chi connectivity index (χ1) is 7.88. The maximum absolute atomic E-state index is 4.18. The third-order valence-electron chi connectivity index (χ3n) is 2.58. The molecule has 0 saturated heterocycles. The van der Waals surface area contributed by atoms with Gasteiger partial charge in [-0.25, -0.2) is 0 Å². The second-order valence-electron chi connectivity index (χ2n) is 3.79. The Morgan fingerprint density at radius 2 is 2.38 bits per heavy atom. The fourth-order valence-electron chi connectivity index (χ4n) is 1.69. The SMILES string of the molecule is CN=C(NCc1ccn[nH]1)NC1CC=CC1. The number of rotatable bonds is 3. The average molecular weight is 219 g/mol. The lowest BCUT2D eigenvalue weighted by molar-refractivity contribution is 0.631. The molecule has 0 spiro atoms. The summed E-state index contributed by atoms with van der Waals surface area (Å²) in [5.74, 6) is 0.836. The summed E-state index contributed by atoms with van der Waals surface area (Å²) in [6.07, 6.45) is 8.28. The van der Waals surface area contributed by atoms with Crippen molar-refractivity contribution in [2.24, 2.45) is 4.99 Å². The Morgan fingerprint density at radius 1 is 1.56 bits per heavy atom. The Labute approximate surface area is 95.0 Å². The summed E-state index contributed by atoms with van der Waals surface area (Å²) in [7, 11) is 1.78. The fourth-order valence-corrected chi connectivity index (χ4v) is 1.69. The van der Waals surface area contributed by atoms with Gasteiger partial charge < -0.3 is 10.6 Å². The number of hydrogen-bond acceptors (Lipinski definition) is 2. The number of aromatic nitrogens is 2. The summed E-state index contributed by atoms with van der Waals surface area (Å²) >= 11 is 0. The molecule has 16 heavy (non-hydrogen) atoms. The quantitative estimate of drug-likeness (QED) is 0.400. The molecule has 1 aromatic rings. The lowest BCUT2D eigenvalue weighted by Gasteiger charge is -2.16. The highest BCUT2D eigenvalue weighted by molar-refractivity contribution is 5.80. The molecule has 0 fully saturated rings. The predicted octanol–water partition coefficient (Wildman–Crippen LogP) is 0.793. The van der Waals surface area contributed by atoms with Gasteiger partial charge in [0.25, 0.3) is 0 Å². The second-order valence-corrected chi connectivity index (χ2v) is 3.79. The summed E-state index contributed by atoms with van der Waals surface area (Å²) in [5.41, 5.74) is 1.05. The van der Waals surface area contributed by atoms with Crippen molar-refractivity contribution in [1.82, 2.24) is 20.8 Å². The number of nitrogens with zero attached hydrogens (tertiary/aromatic N) is 2. The lowest BCUT2D eigenvalue weighted by atomic mass is 10.2. The molecule has 0 aliphatic heterocycles. The van der Waals surface area contributed by atoms with Crippen molar-refractivity contribution in [1.29, 1.82) is 0 Å². The minimum Gasteiger partial charge on any atom is -0.353 e. The van der Waals surface area contributed by atoms with Crippen LogP contribution in [-0.4, -0.2) is 29.2 Å². The zero-order chi connectivity index (χ0) is 11.2. The van der Waals surface area contributed by atoms with Gasteiger partial charge in [0.2, 0.25) is 0 Å². The average Bonchev–Trinajstić information content (AvgIpc) is 2.97. The van der Waals surface area contributed by atoms with Crippen LogP contribution in [0.25, 0.3) is 0 Å². The van der Waals surface area contributed by atoms with E-state index in [1.807, 2.05) is 6.07 Å². The molecule has 0 bridgehead atoms. The molecule has 1 aromatic heterocycles. The number of guanidine groups is 1. The van der Waals surface area contributed by atoms with Crippen LogP contribution in [0.4, 0.5) is 0 Å². The molecule has 1 aliphatic carbocycles. The minimum atomic E-state index is 0.480. The van der Waals surface area contributed by atoms with Crippen LogP contribution in [0.5, 0.6) is 0 Å². The normalized spacial score (nSPS) is 16.7. The molecule has 0 aromatic carbocycles. The Hall–Kier alpha value is -1.78. The highest BCUT2D eigenvalue weighted by Crippen LogP contribution is 2.08. The molecule has 86 valence electrons. The zero-order valence-corrected chi connectivity index (χ0v) is 9.40. The van der Waals surface area contributed by atoms with Gasteiger partial charge in [0.1, 0.15) is 0 Å². The molecule has 0 saturated carbocycles. The van der Waals surface area contributed by atoms with Crippen molar-refractivity contribution in [2.45, 2.75) is 25.4 Å². The van der Waals surface area contributed by atoms with E-state index in [2.05, 4.69) is 38.0 Å². The van der Waals surface area contributed by atoms with E-state index in [1.165, 1.54) is 0 Å². The number of nitrogens with one attached hydrogen (secondary N) is 3. The molecule has 0 amide bonds. The maximum Gasteiger partial charge on any atom is 0.191 e. The van der Waals surface area contributed by atoms with E-state index in [0.717, 1.165) is 24.5 Å². The van der Waals surface area contributed by atoms with Gasteiger partial charge in [-0.1, -0.05) is 12.2 Å². The Bertz CT molecular complexity index is 358. The first kappa shape index (κ1) is 10.7. The maximum atomic E-state index is 4.18. The van der Waals surface area contributed by atoms with Gasteiger partial charge in [-0.15, -0.1) is 0 Å². The highest BCUT2D eigenvalue weighted by atomic mass is 15.2. The molecular weight excluding hydrogens is 202 g/mol. The second kappa shape index (κ2) is 5.34. The Balaban J connectivity index is 1.77. The van der Waals surface area contributed by atoms with Crippen molar-refractivity contribution >= 4 is 5.96 Å². The van der Waals surface area contributed by atoms with Crippen LogP contribution in [0, 0.1) is 0 Å². The van der Waals surface area contributed by atoms with Gasteiger partial charge in [-0.2, -0.15) is 5.10 Å². The van der Waals surface area contributed by atoms with E-state index in [-0.39, 0.29) is 0 Å². The molecule has 0 atom stereocenters. The minimum absolute atomic E-state index is 0.480. The van der Waals surface area contributed by atoms with Gasteiger partial charge in [0.05, 0.1) is 12.2 Å². The summed E-state index contributed by atoms with van der Waals surface area (Å²) in [6.45, 7) is 0.708. The van der Waals surface area contributed by atoms with E-state index in [9.17, 15) is 0 Å². The molecule has 0 unspecified atom stereocenters. The van der Waals surface area contributed by atoms with Gasteiger partial charge in [-0.3, -0.25) is 10.1 Å². The zero-order valence-electron chi connectivity index (χ0n) is 9.40. The molecule has 0 radical (unpaired) electrons. The van der Waals surface area contributed by atoms with Gasteiger partial charge >= 0.3 is 0 Å². The highest BCUT2D eigenvalue weighted by Gasteiger charge is 2.11. The predicted molar refractivity (Wildman–Crippen MR) is 64.1 cm³/mol. The van der Waals surface area contributed by atoms with E-state index < -0.39 is 0 Å². The third kappa shape index (κ3) is 2.85. The fraction of sp³-hybridized carbons (Fsp3) is 0.455. The van der Waals surface area contributed by atoms with E-state index in [4.69, 9.17) is 0 Å². The molecule has 1 heterocycles.